The number of piperazine rings is 1. The minimum atomic E-state index is 0.274. The van der Waals surface area contributed by atoms with Crippen LogP contribution in [0.15, 0.2) is 60.7 Å². The Hall–Kier alpha value is -1.64. The van der Waals surface area contributed by atoms with Gasteiger partial charge in [0.15, 0.2) is 0 Å². The summed E-state index contributed by atoms with van der Waals surface area (Å²) < 4.78 is 0. The van der Waals surface area contributed by atoms with Gasteiger partial charge in [-0.1, -0.05) is 81.4 Å². The summed E-state index contributed by atoms with van der Waals surface area (Å²) in [4.78, 5) is 2.64. The zero-order valence-corrected chi connectivity index (χ0v) is 14.5. The summed E-state index contributed by atoms with van der Waals surface area (Å²) in [6, 6.07) is 22.7. The van der Waals surface area contributed by atoms with E-state index in [0.29, 0.717) is 12.1 Å². The van der Waals surface area contributed by atoms with Crippen LogP contribution in [0.5, 0.6) is 0 Å². The van der Waals surface area contributed by atoms with Gasteiger partial charge in [0.1, 0.15) is 0 Å². The Labute approximate surface area is 140 Å². The second-order valence-electron chi connectivity index (χ2n) is 7.59. The first kappa shape index (κ1) is 16.2. The number of hydrogen-bond donors (Lipinski definition) is 1. The molecule has 0 saturated carbocycles. The highest BCUT2D eigenvalue weighted by molar-refractivity contribution is 5.32. The lowest BCUT2D eigenvalue weighted by Crippen LogP contribution is -2.56. The second-order valence-corrected chi connectivity index (χ2v) is 7.59. The van der Waals surface area contributed by atoms with Crippen molar-refractivity contribution in [1.82, 2.24) is 10.2 Å². The van der Waals surface area contributed by atoms with Gasteiger partial charge in [-0.2, -0.15) is 0 Å². The Morgan fingerprint density at radius 1 is 0.913 bits per heavy atom. The van der Waals surface area contributed by atoms with E-state index in [0.717, 1.165) is 19.6 Å². The molecular formula is C21H28N2. The normalized spacial score (nSPS) is 19.9. The molecule has 1 atom stereocenters. The fourth-order valence-corrected chi connectivity index (χ4v) is 3.47. The third-order valence-corrected chi connectivity index (χ3v) is 4.85. The van der Waals surface area contributed by atoms with Crippen LogP contribution >= 0.6 is 0 Å². The van der Waals surface area contributed by atoms with Crippen LogP contribution in [0.4, 0.5) is 0 Å². The Balaban J connectivity index is 1.93. The molecule has 2 aromatic carbocycles. The van der Waals surface area contributed by atoms with Gasteiger partial charge in [-0.3, -0.25) is 4.90 Å². The number of nitrogens with one attached hydrogen (secondary N) is 1. The van der Waals surface area contributed by atoms with E-state index in [1.807, 2.05) is 0 Å². The minimum Gasteiger partial charge on any atom is -0.311 e. The van der Waals surface area contributed by atoms with Gasteiger partial charge in [0, 0.05) is 25.7 Å². The Morgan fingerprint density at radius 2 is 1.43 bits per heavy atom. The van der Waals surface area contributed by atoms with Gasteiger partial charge in [-0.25, -0.2) is 0 Å². The fraction of sp³-hybridized carbons (Fsp3) is 0.429. The number of benzene rings is 2. The van der Waals surface area contributed by atoms with Gasteiger partial charge in [0.05, 0.1) is 6.04 Å². The van der Waals surface area contributed by atoms with E-state index >= 15 is 0 Å². The molecule has 0 aromatic heterocycles. The Bertz CT molecular complexity index is 561. The molecule has 122 valence electrons. The number of nitrogens with zero attached hydrogens (tertiary/aromatic N) is 1. The molecule has 23 heavy (non-hydrogen) atoms. The summed E-state index contributed by atoms with van der Waals surface area (Å²) in [6.07, 6.45) is 0. The van der Waals surface area contributed by atoms with E-state index < -0.39 is 0 Å². The van der Waals surface area contributed by atoms with Crippen LogP contribution in [0, 0.1) is 5.41 Å². The first-order chi connectivity index (χ1) is 11.1. The zero-order chi connectivity index (χ0) is 16.3. The van der Waals surface area contributed by atoms with Gasteiger partial charge in [0.25, 0.3) is 0 Å². The van der Waals surface area contributed by atoms with Crippen LogP contribution in [0.1, 0.15) is 37.9 Å². The molecular weight excluding hydrogens is 280 g/mol. The van der Waals surface area contributed by atoms with E-state index in [2.05, 4.69) is 91.7 Å². The van der Waals surface area contributed by atoms with Crippen LogP contribution in [0.2, 0.25) is 0 Å². The van der Waals surface area contributed by atoms with E-state index in [1.165, 1.54) is 11.1 Å². The SMILES string of the molecule is CC(C)(C)[C@H]1CN(C(c2ccccc2)c2ccccc2)CCN1. The molecule has 0 radical (unpaired) electrons. The van der Waals surface area contributed by atoms with Crippen molar-refractivity contribution in [3.63, 3.8) is 0 Å². The van der Waals surface area contributed by atoms with Gasteiger partial charge in [-0.05, 0) is 16.5 Å². The van der Waals surface area contributed by atoms with Crippen LogP contribution in [-0.2, 0) is 0 Å². The fourth-order valence-electron chi connectivity index (χ4n) is 3.47. The first-order valence-corrected chi connectivity index (χ1v) is 8.63. The van der Waals surface area contributed by atoms with Crippen LogP contribution in [-0.4, -0.2) is 30.6 Å². The van der Waals surface area contributed by atoms with Gasteiger partial charge in [-0.15, -0.1) is 0 Å². The maximum absolute atomic E-state index is 3.71. The van der Waals surface area contributed by atoms with Crippen molar-refractivity contribution in [2.24, 2.45) is 5.41 Å². The summed E-state index contributed by atoms with van der Waals surface area (Å²) in [6.45, 7) is 10.2. The lowest BCUT2D eigenvalue weighted by atomic mass is 9.84. The highest BCUT2D eigenvalue weighted by Crippen LogP contribution is 2.31. The van der Waals surface area contributed by atoms with Gasteiger partial charge < -0.3 is 5.32 Å². The smallest absolute Gasteiger partial charge is 0.0602 e. The topological polar surface area (TPSA) is 15.3 Å². The molecule has 1 aliphatic rings. The molecule has 1 N–H and O–H groups in total. The molecule has 0 amide bonds. The van der Waals surface area contributed by atoms with Crippen molar-refractivity contribution in [3.8, 4) is 0 Å². The molecule has 0 aliphatic carbocycles. The van der Waals surface area contributed by atoms with E-state index in [-0.39, 0.29) is 5.41 Å². The van der Waals surface area contributed by atoms with Crippen molar-refractivity contribution in [1.29, 1.82) is 0 Å². The summed E-state index contributed by atoms with van der Waals surface area (Å²) in [7, 11) is 0. The predicted molar refractivity (Wildman–Crippen MR) is 97.5 cm³/mol. The van der Waals surface area contributed by atoms with Gasteiger partial charge in [0.2, 0.25) is 0 Å². The maximum atomic E-state index is 3.71. The summed E-state index contributed by atoms with van der Waals surface area (Å²) >= 11 is 0. The highest BCUT2D eigenvalue weighted by atomic mass is 15.2. The molecule has 2 aromatic rings. The molecule has 1 aliphatic heterocycles. The van der Waals surface area contributed by atoms with E-state index in [1.54, 1.807) is 0 Å². The Kier molecular flexibility index (Phi) is 4.84. The minimum absolute atomic E-state index is 0.274. The molecule has 2 heteroatoms. The molecule has 2 nitrogen and oxygen atoms in total. The molecule has 1 saturated heterocycles. The number of hydrogen-bond acceptors (Lipinski definition) is 2. The van der Waals surface area contributed by atoms with Crippen LogP contribution in [0.3, 0.4) is 0 Å². The van der Waals surface area contributed by atoms with Crippen molar-refractivity contribution >= 4 is 0 Å². The van der Waals surface area contributed by atoms with Crippen LogP contribution in [0.25, 0.3) is 0 Å². The average Bonchev–Trinajstić information content (AvgIpc) is 2.57. The monoisotopic (exact) mass is 308 g/mol. The first-order valence-electron chi connectivity index (χ1n) is 8.63. The summed E-state index contributed by atoms with van der Waals surface area (Å²) in [5.41, 5.74) is 3.04. The lowest BCUT2D eigenvalue weighted by molar-refractivity contribution is 0.111. The molecule has 1 fully saturated rings. The highest BCUT2D eigenvalue weighted by Gasteiger charge is 2.33. The molecule has 3 rings (SSSR count). The molecule has 0 unspecified atom stereocenters. The standard InChI is InChI=1S/C21H28N2/c1-21(2,3)19-16-23(15-14-22-19)20(17-10-6-4-7-11-17)18-12-8-5-9-13-18/h4-13,19-20,22H,14-16H2,1-3H3/t19-/m1/s1. The third kappa shape index (κ3) is 3.82. The molecule has 1 heterocycles. The van der Waals surface area contributed by atoms with Crippen molar-refractivity contribution in [2.45, 2.75) is 32.9 Å². The van der Waals surface area contributed by atoms with Crippen molar-refractivity contribution < 1.29 is 0 Å². The lowest BCUT2D eigenvalue weighted by Gasteiger charge is -2.44. The Morgan fingerprint density at radius 3 is 1.91 bits per heavy atom. The van der Waals surface area contributed by atoms with E-state index in [9.17, 15) is 0 Å². The summed E-state index contributed by atoms with van der Waals surface area (Å²) in [5, 5.41) is 3.71. The van der Waals surface area contributed by atoms with Crippen molar-refractivity contribution in [2.75, 3.05) is 19.6 Å². The molecule has 0 spiro atoms. The third-order valence-electron chi connectivity index (χ3n) is 4.85. The largest absolute Gasteiger partial charge is 0.311 e. The summed E-state index contributed by atoms with van der Waals surface area (Å²) in [5.74, 6) is 0. The van der Waals surface area contributed by atoms with Crippen molar-refractivity contribution in [3.05, 3.63) is 71.8 Å². The average molecular weight is 308 g/mol. The zero-order valence-electron chi connectivity index (χ0n) is 14.5. The maximum Gasteiger partial charge on any atom is 0.0602 e. The quantitative estimate of drug-likeness (QED) is 0.918. The second kappa shape index (κ2) is 6.86. The number of rotatable bonds is 3. The molecule has 0 bridgehead atoms. The van der Waals surface area contributed by atoms with Gasteiger partial charge >= 0.3 is 0 Å². The predicted octanol–water partition coefficient (Wildman–Crippen LogP) is 4.10. The van der Waals surface area contributed by atoms with Crippen LogP contribution < -0.4 is 5.32 Å². The van der Waals surface area contributed by atoms with E-state index in [4.69, 9.17) is 0 Å².